The fourth-order valence-corrected chi connectivity index (χ4v) is 5.41. The second kappa shape index (κ2) is 21.8. The summed E-state index contributed by atoms with van der Waals surface area (Å²) >= 11 is 12.0. The molecule has 5 N–H and O–H groups in total. The van der Waals surface area contributed by atoms with E-state index < -0.39 is 81.8 Å². The number of aromatic nitrogens is 2. The molecule has 0 unspecified atom stereocenters. The van der Waals surface area contributed by atoms with E-state index in [4.69, 9.17) is 33.0 Å². The van der Waals surface area contributed by atoms with E-state index in [0.717, 1.165) is 30.3 Å². The number of carbonyl (C=O) groups excluding carboxylic acids is 2. The molecule has 2 aromatic heterocycles. The molecule has 6 aromatic rings. The Kier molecular flexibility index (Phi) is 17.0. The first-order valence-electron chi connectivity index (χ1n) is 17.6. The highest BCUT2D eigenvalue weighted by Gasteiger charge is 2.25. The number of ether oxygens (including phenoxy) is 1. The van der Waals surface area contributed by atoms with Crippen molar-refractivity contribution < 1.29 is 60.4 Å². The molecule has 0 spiro atoms. The highest BCUT2D eigenvalue weighted by Crippen LogP contribution is 2.32. The number of pyridine rings is 2. The zero-order chi connectivity index (χ0) is 45.0. The van der Waals surface area contributed by atoms with Gasteiger partial charge in [-0.15, -0.1) is 0 Å². The number of aliphatic hydroxyl groups is 2. The van der Waals surface area contributed by atoms with E-state index in [-0.39, 0.29) is 57.3 Å². The summed E-state index contributed by atoms with van der Waals surface area (Å²) in [5.74, 6) is -9.67. The Morgan fingerprint density at radius 2 is 1.10 bits per heavy atom. The van der Waals surface area contributed by atoms with E-state index in [2.05, 4.69) is 20.6 Å². The SMILES string of the molecule is C[C@H](O)CNc1cc(F)nc(F)c1C(=O)c1ccccc1Cl.C[C@H](O)CNc1cc(Oc2ccc(F)cc2F)nc(F)c1C(=O)c1ccccc1Cl.Oc1ccc(F)cc1F. The summed E-state index contributed by atoms with van der Waals surface area (Å²) in [6.45, 7) is 2.99. The van der Waals surface area contributed by atoms with Crippen LogP contribution in [0, 0.1) is 41.1 Å². The van der Waals surface area contributed by atoms with Crippen LogP contribution in [0.15, 0.2) is 97.1 Å². The fourth-order valence-electron chi connectivity index (χ4n) is 4.97. The lowest BCUT2D eigenvalue weighted by Crippen LogP contribution is -2.19. The van der Waals surface area contributed by atoms with Crippen molar-refractivity contribution in [3.63, 3.8) is 0 Å². The Morgan fingerprint density at radius 3 is 1.56 bits per heavy atom. The van der Waals surface area contributed by atoms with Crippen LogP contribution in [0.2, 0.25) is 10.0 Å². The molecule has 19 heteroatoms. The summed E-state index contributed by atoms with van der Waals surface area (Å²) < 4.78 is 98.4. The van der Waals surface area contributed by atoms with Gasteiger partial charge >= 0.3 is 0 Å². The first kappa shape index (κ1) is 47.4. The molecule has 320 valence electrons. The molecule has 0 bridgehead atoms. The Bertz CT molecular complexity index is 2520. The first-order chi connectivity index (χ1) is 28.9. The number of anilines is 2. The van der Waals surface area contributed by atoms with Gasteiger partial charge in [-0.2, -0.15) is 23.1 Å². The predicted octanol–water partition coefficient (Wildman–Crippen LogP) is 9.68. The second-order valence-corrected chi connectivity index (χ2v) is 13.5. The van der Waals surface area contributed by atoms with E-state index in [1.165, 1.54) is 44.2 Å². The number of ketones is 2. The molecule has 0 saturated heterocycles. The Morgan fingerprint density at radius 1 is 0.639 bits per heavy atom. The minimum atomic E-state index is -1.24. The van der Waals surface area contributed by atoms with Gasteiger partial charge in [0.25, 0.3) is 0 Å². The molecule has 61 heavy (non-hydrogen) atoms. The van der Waals surface area contributed by atoms with E-state index in [0.29, 0.717) is 12.1 Å². The fraction of sp³-hybridized carbons (Fsp3) is 0.143. The van der Waals surface area contributed by atoms with Crippen LogP contribution in [-0.2, 0) is 0 Å². The van der Waals surface area contributed by atoms with Crippen LogP contribution in [0.1, 0.15) is 45.7 Å². The molecule has 0 fully saturated rings. The minimum Gasteiger partial charge on any atom is -0.505 e. The maximum Gasteiger partial charge on any atom is 0.229 e. The number of hydrogen-bond donors (Lipinski definition) is 5. The van der Waals surface area contributed by atoms with Crippen molar-refractivity contribution in [1.29, 1.82) is 0 Å². The molecule has 0 saturated carbocycles. The highest BCUT2D eigenvalue weighted by atomic mass is 35.5. The van der Waals surface area contributed by atoms with Crippen molar-refractivity contribution in [2.75, 3.05) is 23.7 Å². The Hall–Kier alpha value is -6.27. The number of halogens is 9. The lowest BCUT2D eigenvalue weighted by Gasteiger charge is -2.15. The molecule has 2 heterocycles. The number of nitrogens with one attached hydrogen (secondary N) is 2. The number of aromatic hydroxyl groups is 1. The molecule has 6 rings (SSSR count). The molecule has 0 aliphatic rings. The van der Waals surface area contributed by atoms with Crippen LogP contribution < -0.4 is 15.4 Å². The topological polar surface area (TPSA) is 154 Å². The molecule has 0 aliphatic carbocycles. The summed E-state index contributed by atoms with van der Waals surface area (Å²) in [5.41, 5.74) is -0.831. The standard InChI is InChI=1S/C21H16ClF3N2O3.C15H13ClF2N2O2.C6H4F2O/c1-11(28)10-26-16-9-18(30-17-7-6-12(23)8-15(17)24)27-21(25)19(16)20(29)13-4-2-3-5-14(13)22;1-8(21)7-19-11-6-12(17)20-15(18)13(11)14(22)9-4-2-3-5-10(9)16;7-4-1-2-6(9)5(8)3-4/h2-9,11,28H,10H2,1H3,(H,26,27);2-6,8,21H,7H2,1H3,(H,19,20);1-3,9H/t11-;8-;/m00./s1. The number of benzene rings is 4. The average molecular weight is 894 g/mol. The van der Waals surface area contributed by atoms with E-state index in [1.807, 2.05) is 0 Å². The zero-order valence-electron chi connectivity index (χ0n) is 31.7. The van der Waals surface area contributed by atoms with Crippen LogP contribution in [0.4, 0.5) is 42.1 Å². The van der Waals surface area contributed by atoms with Crippen molar-refractivity contribution in [2.24, 2.45) is 0 Å². The molecule has 0 aliphatic heterocycles. The van der Waals surface area contributed by atoms with Crippen molar-refractivity contribution >= 4 is 46.1 Å². The summed E-state index contributed by atoms with van der Waals surface area (Å²) in [6, 6.07) is 19.5. The zero-order valence-corrected chi connectivity index (χ0v) is 33.2. The molecular formula is C42H33Cl2F7N4O6. The van der Waals surface area contributed by atoms with Gasteiger partial charge < -0.3 is 30.7 Å². The quantitative estimate of drug-likeness (QED) is 0.0456. The number of aliphatic hydroxyl groups excluding tert-OH is 2. The lowest BCUT2D eigenvalue weighted by atomic mass is 10.0. The minimum absolute atomic E-state index is 0.0173. The van der Waals surface area contributed by atoms with Crippen LogP contribution in [0.25, 0.3) is 0 Å². The molecule has 0 amide bonds. The van der Waals surface area contributed by atoms with Crippen LogP contribution in [-0.4, -0.2) is 62.2 Å². The average Bonchev–Trinajstić information content (AvgIpc) is 3.19. The maximum absolute atomic E-state index is 14.9. The number of nitrogens with zero attached hydrogens (tertiary/aromatic N) is 2. The van der Waals surface area contributed by atoms with Gasteiger partial charge in [0.1, 0.15) is 22.8 Å². The van der Waals surface area contributed by atoms with Crippen LogP contribution in [0.3, 0.4) is 0 Å². The predicted molar refractivity (Wildman–Crippen MR) is 213 cm³/mol. The number of rotatable bonds is 12. The number of phenolic OH excluding ortho intramolecular Hbond substituents is 1. The maximum atomic E-state index is 14.9. The smallest absolute Gasteiger partial charge is 0.229 e. The molecule has 0 radical (unpaired) electrons. The van der Waals surface area contributed by atoms with Gasteiger partial charge in [-0.3, -0.25) is 9.59 Å². The largest absolute Gasteiger partial charge is 0.505 e. The van der Waals surface area contributed by atoms with E-state index >= 15 is 0 Å². The summed E-state index contributed by atoms with van der Waals surface area (Å²) in [7, 11) is 0. The summed E-state index contributed by atoms with van der Waals surface area (Å²) in [4.78, 5) is 32.0. The van der Waals surface area contributed by atoms with Crippen molar-refractivity contribution in [3.05, 3.63) is 170 Å². The number of phenols is 1. The third kappa shape index (κ3) is 13.4. The number of hydrogen-bond acceptors (Lipinski definition) is 10. The third-order valence-electron chi connectivity index (χ3n) is 7.78. The van der Waals surface area contributed by atoms with Crippen molar-refractivity contribution in [1.82, 2.24) is 9.97 Å². The third-order valence-corrected chi connectivity index (χ3v) is 8.44. The van der Waals surface area contributed by atoms with Crippen LogP contribution in [0.5, 0.6) is 17.4 Å². The lowest BCUT2D eigenvalue weighted by molar-refractivity contribution is 0.102. The Labute approximate surface area is 353 Å². The monoisotopic (exact) mass is 892 g/mol. The molecule has 2 atom stereocenters. The van der Waals surface area contributed by atoms with Crippen LogP contribution >= 0.6 is 23.2 Å². The highest BCUT2D eigenvalue weighted by molar-refractivity contribution is 6.35. The molecule has 4 aromatic carbocycles. The van der Waals surface area contributed by atoms with E-state index in [9.17, 15) is 50.5 Å². The van der Waals surface area contributed by atoms with Gasteiger partial charge in [0.05, 0.1) is 33.6 Å². The summed E-state index contributed by atoms with van der Waals surface area (Å²) in [6.07, 6.45) is -1.58. The molecule has 10 nitrogen and oxygen atoms in total. The van der Waals surface area contributed by atoms with Gasteiger partial charge in [0, 0.05) is 48.5 Å². The van der Waals surface area contributed by atoms with Gasteiger partial charge in [-0.1, -0.05) is 47.5 Å². The van der Waals surface area contributed by atoms with Gasteiger partial charge in [-0.25, -0.2) is 17.6 Å². The molecular weight excluding hydrogens is 860 g/mol. The Balaban J connectivity index is 0.000000230. The number of carbonyl (C=O) groups is 2. The van der Waals surface area contributed by atoms with E-state index in [1.54, 1.807) is 24.3 Å². The van der Waals surface area contributed by atoms with Gasteiger partial charge in [0.2, 0.25) is 35.3 Å². The van der Waals surface area contributed by atoms with Gasteiger partial charge in [-0.05, 0) is 62.4 Å². The van der Waals surface area contributed by atoms with Gasteiger partial charge in [0.15, 0.2) is 23.1 Å². The first-order valence-corrected chi connectivity index (χ1v) is 18.4. The van der Waals surface area contributed by atoms with Crippen molar-refractivity contribution in [3.8, 4) is 17.4 Å². The van der Waals surface area contributed by atoms with Crippen molar-refractivity contribution in [2.45, 2.75) is 26.1 Å². The summed E-state index contributed by atoms with van der Waals surface area (Å²) in [5, 5.41) is 33.0. The normalized spacial score (nSPS) is 11.6. The second-order valence-electron chi connectivity index (χ2n) is 12.7.